The molecule has 2 aromatic rings. The van der Waals surface area contributed by atoms with Gasteiger partial charge in [-0.05, 0) is 49.2 Å². The van der Waals surface area contributed by atoms with Crippen molar-refractivity contribution in [2.75, 3.05) is 19.7 Å². The van der Waals surface area contributed by atoms with Crippen LogP contribution in [0.15, 0.2) is 47.5 Å². The van der Waals surface area contributed by atoms with Gasteiger partial charge in [-0.1, -0.05) is 11.6 Å². The second kappa shape index (κ2) is 8.04. The van der Waals surface area contributed by atoms with Crippen LogP contribution >= 0.6 is 11.6 Å². The molecule has 0 saturated carbocycles. The second-order valence-electron chi connectivity index (χ2n) is 6.11. The maximum absolute atomic E-state index is 12.8. The number of pyridine rings is 1. The predicted molar refractivity (Wildman–Crippen MR) is 97.4 cm³/mol. The lowest BCUT2D eigenvalue weighted by molar-refractivity contribution is 0.176. The van der Waals surface area contributed by atoms with Crippen LogP contribution < -0.4 is 4.74 Å². The monoisotopic (exact) mass is 391 g/mol. The van der Waals surface area contributed by atoms with Gasteiger partial charge in [-0.15, -0.1) is 0 Å². The van der Waals surface area contributed by atoms with Gasteiger partial charge in [0.05, 0.1) is 23.1 Å². The molecule has 0 spiro atoms. The molecule has 0 amide bonds. The first-order valence-corrected chi connectivity index (χ1v) is 10.1. The van der Waals surface area contributed by atoms with E-state index in [9.17, 15) is 8.42 Å². The maximum atomic E-state index is 12.8. The molecule has 1 unspecified atom stereocenters. The van der Waals surface area contributed by atoms with Crippen molar-refractivity contribution in [3.05, 3.63) is 53.2 Å². The number of piperidine rings is 1. The first kappa shape index (κ1) is 18.6. The van der Waals surface area contributed by atoms with Crippen LogP contribution in [0.2, 0.25) is 5.02 Å². The molecule has 1 aromatic carbocycles. The largest absolute Gasteiger partial charge is 0.476 e. The number of rotatable bonds is 5. The molecule has 8 heteroatoms. The Labute approximate surface area is 158 Å². The van der Waals surface area contributed by atoms with Gasteiger partial charge in [-0.25, -0.2) is 13.4 Å². The number of nitriles is 1. The van der Waals surface area contributed by atoms with Crippen LogP contribution in [0.25, 0.3) is 0 Å². The van der Waals surface area contributed by atoms with Gasteiger partial charge < -0.3 is 4.74 Å². The molecule has 1 aromatic heterocycles. The van der Waals surface area contributed by atoms with E-state index >= 15 is 0 Å². The summed E-state index contributed by atoms with van der Waals surface area (Å²) in [6.07, 6.45) is 3.24. The summed E-state index contributed by atoms with van der Waals surface area (Å²) in [6.45, 7) is 1.21. The van der Waals surface area contributed by atoms with Crippen molar-refractivity contribution < 1.29 is 13.2 Å². The Morgan fingerprint density at radius 3 is 2.77 bits per heavy atom. The van der Waals surface area contributed by atoms with E-state index in [4.69, 9.17) is 21.6 Å². The molecule has 1 atom stereocenters. The molecule has 0 aliphatic carbocycles. The van der Waals surface area contributed by atoms with Crippen molar-refractivity contribution in [3.63, 3.8) is 0 Å². The van der Waals surface area contributed by atoms with E-state index in [1.54, 1.807) is 18.3 Å². The summed E-state index contributed by atoms with van der Waals surface area (Å²) in [5.74, 6) is 0.427. The summed E-state index contributed by atoms with van der Waals surface area (Å²) in [5.41, 5.74) is 0.432. The van der Waals surface area contributed by atoms with Gasteiger partial charge in [-0.3, -0.25) is 0 Å². The fraction of sp³-hybridized carbons (Fsp3) is 0.333. The fourth-order valence-corrected chi connectivity index (χ4v) is 4.64. The summed E-state index contributed by atoms with van der Waals surface area (Å²) < 4.78 is 32.8. The minimum atomic E-state index is -3.58. The van der Waals surface area contributed by atoms with E-state index in [0.29, 0.717) is 36.2 Å². The molecular weight excluding hydrogens is 374 g/mol. The van der Waals surface area contributed by atoms with Gasteiger partial charge in [0.15, 0.2) is 0 Å². The van der Waals surface area contributed by atoms with E-state index in [0.717, 1.165) is 12.8 Å². The average Bonchev–Trinajstić information content (AvgIpc) is 2.67. The smallest absolute Gasteiger partial charge is 0.243 e. The Bertz CT molecular complexity index is 910. The van der Waals surface area contributed by atoms with Crippen molar-refractivity contribution in [2.45, 2.75) is 17.7 Å². The molecule has 3 rings (SSSR count). The number of sulfonamides is 1. The quantitative estimate of drug-likeness (QED) is 0.782. The predicted octanol–water partition coefficient (Wildman–Crippen LogP) is 3.09. The van der Waals surface area contributed by atoms with Crippen LogP contribution in [-0.4, -0.2) is 37.4 Å². The average molecular weight is 392 g/mol. The number of hydrogen-bond acceptors (Lipinski definition) is 5. The van der Waals surface area contributed by atoms with Gasteiger partial charge in [-0.2, -0.15) is 9.57 Å². The normalized spacial score (nSPS) is 18.2. The second-order valence-corrected chi connectivity index (χ2v) is 8.45. The highest BCUT2D eigenvalue weighted by Crippen LogP contribution is 2.26. The lowest BCUT2D eigenvalue weighted by atomic mass is 10.0. The molecule has 136 valence electrons. The van der Waals surface area contributed by atoms with Crippen molar-refractivity contribution in [1.82, 2.24) is 9.29 Å². The van der Waals surface area contributed by atoms with Crippen molar-refractivity contribution in [1.29, 1.82) is 5.26 Å². The topological polar surface area (TPSA) is 83.3 Å². The summed E-state index contributed by atoms with van der Waals surface area (Å²) >= 11 is 6.03. The Kier molecular flexibility index (Phi) is 5.77. The molecule has 1 aliphatic rings. The fourth-order valence-electron chi connectivity index (χ4n) is 2.91. The molecule has 6 nitrogen and oxygen atoms in total. The first-order valence-electron chi connectivity index (χ1n) is 8.24. The summed E-state index contributed by atoms with van der Waals surface area (Å²) in [4.78, 5) is 4.28. The summed E-state index contributed by atoms with van der Waals surface area (Å²) in [7, 11) is -3.58. The highest BCUT2D eigenvalue weighted by molar-refractivity contribution is 7.89. The van der Waals surface area contributed by atoms with E-state index in [1.807, 2.05) is 6.07 Å². The highest BCUT2D eigenvalue weighted by Gasteiger charge is 2.30. The Morgan fingerprint density at radius 2 is 2.08 bits per heavy atom. The van der Waals surface area contributed by atoms with Gasteiger partial charge in [0.1, 0.15) is 5.02 Å². The number of aromatic nitrogens is 1. The summed E-state index contributed by atoms with van der Waals surface area (Å²) in [6, 6.07) is 11.4. The van der Waals surface area contributed by atoms with Gasteiger partial charge >= 0.3 is 0 Å². The minimum absolute atomic E-state index is 0.0648. The van der Waals surface area contributed by atoms with Crippen molar-refractivity contribution >= 4 is 21.6 Å². The first-order chi connectivity index (χ1) is 12.5. The zero-order chi connectivity index (χ0) is 18.6. The van der Waals surface area contributed by atoms with Gasteiger partial charge in [0, 0.05) is 25.2 Å². The molecule has 0 radical (unpaired) electrons. The van der Waals surface area contributed by atoms with Crippen LogP contribution in [0.5, 0.6) is 5.88 Å². The third-order valence-electron chi connectivity index (χ3n) is 4.28. The minimum Gasteiger partial charge on any atom is -0.476 e. The summed E-state index contributed by atoms with van der Waals surface area (Å²) in [5, 5.41) is 9.28. The van der Waals surface area contributed by atoms with E-state index in [2.05, 4.69) is 4.98 Å². The molecular formula is C18H18ClN3O3S. The van der Waals surface area contributed by atoms with Crippen molar-refractivity contribution in [2.24, 2.45) is 5.92 Å². The third-order valence-corrected chi connectivity index (χ3v) is 6.45. The number of nitrogens with zero attached hydrogens (tertiary/aromatic N) is 3. The van der Waals surface area contributed by atoms with E-state index in [-0.39, 0.29) is 10.8 Å². The van der Waals surface area contributed by atoms with Crippen molar-refractivity contribution in [3.8, 4) is 11.9 Å². The Hall–Kier alpha value is -2.14. The molecule has 26 heavy (non-hydrogen) atoms. The van der Waals surface area contributed by atoms with Gasteiger partial charge in [0.25, 0.3) is 0 Å². The third kappa shape index (κ3) is 4.15. The molecule has 2 heterocycles. The number of benzene rings is 1. The molecule has 1 fully saturated rings. The molecule has 0 bridgehead atoms. The van der Waals surface area contributed by atoms with Crippen LogP contribution in [0.3, 0.4) is 0 Å². The molecule has 0 N–H and O–H groups in total. The molecule has 1 saturated heterocycles. The van der Waals surface area contributed by atoms with Crippen LogP contribution in [0, 0.1) is 17.2 Å². The van der Waals surface area contributed by atoms with Crippen LogP contribution in [0.4, 0.5) is 0 Å². The SMILES string of the molecule is N#Cc1ccc(S(=O)(=O)N2CCCC(COc3ncccc3Cl)C2)cc1. The lowest BCUT2D eigenvalue weighted by Crippen LogP contribution is -2.41. The van der Waals surface area contributed by atoms with E-state index in [1.165, 1.54) is 28.6 Å². The van der Waals surface area contributed by atoms with Gasteiger partial charge in [0.2, 0.25) is 15.9 Å². The number of hydrogen-bond donors (Lipinski definition) is 0. The Balaban J connectivity index is 1.67. The lowest BCUT2D eigenvalue weighted by Gasteiger charge is -2.31. The van der Waals surface area contributed by atoms with Crippen LogP contribution in [-0.2, 0) is 10.0 Å². The Morgan fingerprint density at radius 1 is 1.31 bits per heavy atom. The number of halogens is 1. The highest BCUT2D eigenvalue weighted by atomic mass is 35.5. The zero-order valence-corrected chi connectivity index (χ0v) is 15.6. The molecule has 1 aliphatic heterocycles. The van der Waals surface area contributed by atoms with E-state index < -0.39 is 10.0 Å². The standard InChI is InChI=1S/C18H18ClN3O3S/c19-17-4-1-9-21-18(17)25-13-15-3-2-10-22(12-15)26(23,24)16-7-5-14(11-20)6-8-16/h1,4-9,15H,2-3,10,12-13H2. The zero-order valence-electron chi connectivity index (χ0n) is 14.0. The maximum Gasteiger partial charge on any atom is 0.243 e. The van der Waals surface area contributed by atoms with Crippen LogP contribution in [0.1, 0.15) is 18.4 Å². The number of ether oxygens (including phenoxy) is 1.